The highest BCUT2D eigenvalue weighted by atomic mass is 32.2. The number of fused-ring (bicyclic) bond motifs is 1. The molecule has 1 N–H and O–H groups in total. The average molecular weight is 417 g/mol. The number of amides is 2. The van der Waals surface area contributed by atoms with Gasteiger partial charge in [0.15, 0.2) is 0 Å². The van der Waals surface area contributed by atoms with E-state index >= 15 is 0 Å². The standard InChI is InChI=1S/C22H25FN2O3S/c1-15(21(26)24-12-7-13-28-2)20-22(27)25(14-16-8-3-4-9-17(16)23)18-10-5-6-11-19(18)29-20/h3-6,8-11,15,20H,7,12-14H2,1-2H3,(H,24,26)/t15-,20+/m0/s1. The maximum Gasteiger partial charge on any atom is 0.241 e. The van der Waals surface area contributed by atoms with E-state index in [-0.39, 0.29) is 24.2 Å². The molecular formula is C22H25FN2O3S. The van der Waals surface area contributed by atoms with Crippen LogP contribution in [0.4, 0.5) is 10.1 Å². The van der Waals surface area contributed by atoms with Gasteiger partial charge in [0.05, 0.1) is 18.2 Å². The topological polar surface area (TPSA) is 58.6 Å². The molecule has 0 aliphatic carbocycles. The number of rotatable bonds is 8. The molecule has 1 aliphatic heterocycles. The number of ether oxygens (including phenoxy) is 1. The highest BCUT2D eigenvalue weighted by Gasteiger charge is 2.39. The molecule has 29 heavy (non-hydrogen) atoms. The average Bonchev–Trinajstić information content (AvgIpc) is 2.73. The summed E-state index contributed by atoms with van der Waals surface area (Å²) >= 11 is 1.39. The summed E-state index contributed by atoms with van der Waals surface area (Å²) < 4.78 is 19.2. The second kappa shape index (κ2) is 9.89. The second-order valence-corrected chi connectivity index (χ2v) is 8.13. The summed E-state index contributed by atoms with van der Waals surface area (Å²) in [6, 6.07) is 14.0. The summed E-state index contributed by atoms with van der Waals surface area (Å²) in [4.78, 5) is 28.4. The largest absolute Gasteiger partial charge is 0.385 e. The Kier molecular flexibility index (Phi) is 7.28. The molecule has 0 fully saturated rings. The first-order chi connectivity index (χ1) is 14.0. The van der Waals surface area contributed by atoms with E-state index in [4.69, 9.17) is 4.74 Å². The Morgan fingerprint density at radius 3 is 2.72 bits per heavy atom. The Balaban J connectivity index is 1.81. The minimum Gasteiger partial charge on any atom is -0.385 e. The Bertz CT molecular complexity index is 877. The van der Waals surface area contributed by atoms with Crippen molar-refractivity contribution in [1.29, 1.82) is 0 Å². The van der Waals surface area contributed by atoms with Gasteiger partial charge < -0.3 is 15.0 Å². The molecule has 2 aromatic carbocycles. The zero-order chi connectivity index (χ0) is 20.8. The Morgan fingerprint density at radius 1 is 1.24 bits per heavy atom. The molecule has 0 spiro atoms. The zero-order valence-corrected chi connectivity index (χ0v) is 17.4. The van der Waals surface area contributed by atoms with Gasteiger partial charge in [0.1, 0.15) is 11.1 Å². The summed E-state index contributed by atoms with van der Waals surface area (Å²) in [6.45, 7) is 2.95. The van der Waals surface area contributed by atoms with Gasteiger partial charge in [-0.15, -0.1) is 11.8 Å². The fourth-order valence-corrected chi connectivity index (χ4v) is 4.53. The third kappa shape index (κ3) is 4.97. The van der Waals surface area contributed by atoms with Crippen LogP contribution in [0, 0.1) is 11.7 Å². The molecule has 2 amide bonds. The number of carbonyl (C=O) groups excluding carboxylic acids is 2. The number of halogens is 1. The maximum absolute atomic E-state index is 14.2. The normalized spacial score (nSPS) is 17.0. The van der Waals surface area contributed by atoms with Crippen LogP contribution in [-0.4, -0.2) is 37.3 Å². The van der Waals surface area contributed by atoms with E-state index in [0.717, 1.165) is 10.6 Å². The second-order valence-electron chi connectivity index (χ2n) is 6.95. The van der Waals surface area contributed by atoms with E-state index in [9.17, 15) is 14.0 Å². The molecule has 3 rings (SSSR count). The molecule has 1 heterocycles. The van der Waals surface area contributed by atoms with Crippen LogP contribution < -0.4 is 10.2 Å². The number of hydrogen-bond donors (Lipinski definition) is 1. The molecule has 5 nitrogen and oxygen atoms in total. The summed E-state index contributed by atoms with van der Waals surface area (Å²) in [6.07, 6.45) is 0.711. The van der Waals surface area contributed by atoms with Crippen molar-refractivity contribution in [3.05, 3.63) is 59.9 Å². The fraction of sp³-hybridized carbons (Fsp3) is 0.364. The van der Waals surface area contributed by atoms with Crippen LogP contribution >= 0.6 is 11.8 Å². The lowest BCUT2D eigenvalue weighted by Gasteiger charge is -2.35. The van der Waals surface area contributed by atoms with E-state index in [0.29, 0.717) is 25.1 Å². The molecule has 0 bridgehead atoms. The molecule has 0 aromatic heterocycles. The maximum atomic E-state index is 14.2. The minimum atomic E-state index is -0.570. The van der Waals surface area contributed by atoms with Gasteiger partial charge in [0, 0.05) is 30.7 Å². The van der Waals surface area contributed by atoms with Crippen molar-refractivity contribution in [2.75, 3.05) is 25.2 Å². The van der Waals surface area contributed by atoms with Gasteiger partial charge in [-0.05, 0) is 24.6 Å². The van der Waals surface area contributed by atoms with Crippen LogP contribution in [0.25, 0.3) is 0 Å². The van der Waals surface area contributed by atoms with E-state index in [1.54, 1.807) is 37.1 Å². The molecule has 0 unspecified atom stereocenters. The van der Waals surface area contributed by atoms with Crippen LogP contribution in [-0.2, 0) is 20.9 Å². The predicted molar refractivity (Wildman–Crippen MR) is 112 cm³/mol. The smallest absolute Gasteiger partial charge is 0.241 e. The predicted octanol–water partition coefficient (Wildman–Crippen LogP) is 3.62. The van der Waals surface area contributed by atoms with Gasteiger partial charge in [0.2, 0.25) is 11.8 Å². The van der Waals surface area contributed by atoms with Crippen molar-refractivity contribution < 1.29 is 18.7 Å². The van der Waals surface area contributed by atoms with Crippen molar-refractivity contribution >= 4 is 29.3 Å². The quantitative estimate of drug-likeness (QED) is 0.668. The highest BCUT2D eigenvalue weighted by Crippen LogP contribution is 2.42. The number of nitrogens with one attached hydrogen (secondary N) is 1. The Morgan fingerprint density at radius 2 is 1.97 bits per heavy atom. The van der Waals surface area contributed by atoms with Gasteiger partial charge in [-0.1, -0.05) is 37.3 Å². The third-order valence-electron chi connectivity index (χ3n) is 4.90. The van der Waals surface area contributed by atoms with Gasteiger partial charge in [-0.2, -0.15) is 0 Å². The molecule has 7 heteroatoms. The lowest BCUT2D eigenvalue weighted by molar-refractivity contribution is -0.128. The molecule has 2 atom stereocenters. The number of benzene rings is 2. The van der Waals surface area contributed by atoms with Gasteiger partial charge in [-0.3, -0.25) is 9.59 Å². The first-order valence-corrected chi connectivity index (χ1v) is 10.5. The molecular weight excluding hydrogens is 391 g/mol. The lowest BCUT2D eigenvalue weighted by Crippen LogP contribution is -2.47. The van der Waals surface area contributed by atoms with Crippen molar-refractivity contribution in [3.8, 4) is 0 Å². The minimum absolute atomic E-state index is 0.127. The summed E-state index contributed by atoms with van der Waals surface area (Å²) in [5.74, 6) is -1.23. The molecule has 154 valence electrons. The monoisotopic (exact) mass is 416 g/mol. The fourth-order valence-electron chi connectivity index (χ4n) is 3.24. The third-order valence-corrected chi connectivity index (χ3v) is 6.36. The molecule has 0 saturated carbocycles. The Labute approximate surface area is 174 Å². The number of para-hydroxylation sites is 1. The van der Waals surface area contributed by atoms with Gasteiger partial charge >= 0.3 is 0 Å². The van der Waals surface area contributed by atoms with Crippen molar-refractivity contribution in [3.63, 3.8) is 0 Å². The highest BCUT2D eigenvalue weighted by molar-refractivity contribution is 8.01. The lowest BCUT2D eigenvalue weighted by atomic mass is 10.0. The van der Waals surface area contributed by atoms with Crippen LogP contribution in [0.5, 0.6) is 0 Å². The van der Waals surface area contributed by atoms with E-state index in [1.807, 2.05) is 24.3 Å². The van der Waals surface area contributed by atoms with Crippen molar-refractivity contribution in [1.82, 2.24) is 5.32 Å². The van der Waals surface area contributed by atoms with Crippen molar-refractivity contribution in [2.45, 2.75) is 30.0 Å². The molecule has 0 saturated heterocycles. The van der Waals surface area contributed by atoms with Crippen LogP contribution in [0.2, 0.25) is 0 Å². The zero-order valence-electron chi connectivity index (χ0n) is 16.6. The number of hydrogen-bond acceptors (Lipinski definition) is 4. The van der Waals surface area contributed by atoms with E-state index in [1.165, 1.54) is 17.8 Å². The van der Waals surface area contributed by atoms with E-state index in [2.05, 4.69) is 5.32 Å². The SMILES string of the molecule is COCCCNC(=O)[C@@H](C)[C@H]1Sc2ccccc2N(Cc2ccccc2F)C1=O. The van der Waals surface area contributed by atoms with Crippen LogP contribution in [0.3, 0.4) is 0 Å². The van der Waals surface area contributed by atoms with Crippen LogP contribution in [0.15, 0.2) is 53.4 Å². The van der Waals surface area contributed by atoms with Gasteiger partial charge in [0.25, 0.3) is 0 Å². The molecule has 2 aromatic rings. The first-order valence-electron chi connectivity index (χ1n) is 9.60. The first kappa shape index (κ1) is 21.3. The number of methoxy groups -OCH3 is 1. The Hall–Kier alpha value is -2.38. The molecule has 0 radical (unpaired) electrons. The van der Waals surface area contributed by atoms with E-state index < -0.39 is 11.2 Å². The number of carbonyl (C=O) groups is 2. The summed E-state index contributed by atoms with van der Waals surface area (Å²) in [7, 11) is 1.61. The number of anilines is 1. The number of thioether (sulfide) groups is 1. The van der Waals surface area contributed by atoms with Gasteiger partial charge in [-0.25, -0.2) is 4.39 Å². The van der Waals surface area contributed by atoms with Crippen molar-refractivity contribution in [2.24, 2.45) is 5.92 Å². The molecule has 1 aliphatic rings. The summed E-state index contributed by atoms with van der Waals surface area (Å²) in [5.41, 5.74) is 1.19. The van der Waals surface area contributed by atoms with Crippen LogP contribution in [0.1, 0.15) is 18.9 Å². The summed E-state index contributed by atoms with van der Waals surface area (Å²) in [5, 5.41) is 2.30. The number of nitrogens with zero attached hydrogens (tertiary/aromatic N) is 1.